The summed E-state index contributed by atoms with van der Waals surface area (Å²) in [7, 11) is -2.88. The maximum atomic E-state index is 14.0. The molecule has 1 aromatic heterocycles. The highest BCUT2D eigenvalue weighted by Gasteiger charge is 2.32. The third-order valence-corrected chi connectivity index (χ3v) is 10.5. The van der Waals surface area contributed by atoms with Gasteiger partial charge in [-0.1, -0.05) is 55.5 Å². The minimum atomic E-state index is -4.11. The van der Waals surface area contributed by atoms with Crippen LogP contribution in [-0.4, -0.2) is 104 Å². The van der Waals surface area contributed by atoms with Gasteiger partial charge in [-0.05, 0) is 69.0 Å². The van der Waals surface area contributed by atoms with Crippen LogP contribution in [0.3, 0.4) is 0 Å². The Kier molecular flexibility index (Phi) is 12.7. The average molecular weight is 689 g/mol. The van der Waals surface area contributed by atoms with Crippen LogP contribution in [-0.2, 0) is 30.8 Å². The lowest BCUT2D eigenvalue weighted by atomic mass is 10.0. The lowest BCUT2D eigenvalue weighted by Crippen LogP contribution is -2.55. The lowest BCUT2D eigenvalue weighted by Gasteiger charge is -2.31. The molecule has 13 nitrogen and oxygen atoms in total. The molecular formula is C32H44N6O7S2. The number of aliphatic hydroxyl groups excluding tert-OH is 1. The van der Waals surface area contributed by atoms with Gasteiger partial charge in [-0.3, -0.25) is 19.8 Å². The van der Waals surface area contributed by atoms with Gasteiger partial charge in [-0.25, -0.2) is 18.2 Å². The summed E-state index contributed by atoms with van der Waals surface area (Å²) >= 11 is 1.10. The van der Waals surface area contributed by atoms with E-state index in [1.807, 2.05) is 49.1 Å². The fourth-order valence-electron chi connectivity index (χ4n) is 5.38. The second-order valence-corrected chi connectivity index (χ2v) is 15.1. The molecule has 3 atom stereocenters. The molecule has 1 fully saturated rings. The van der Waals surface area contributed by atoms with Gasteiger partial charge in [0.05, 0.1) is 40.9 Å². The number of carbonyl (C=O) groups excluding carboxylic acids is 3. The van der Waals surface area contributed by atoms with Gasteiger partial charge in [-0.2, -0.15) is 4.31 Å². The molecule has 4 rings (SSSR count). The van der Waals surface area contributed by atoms with E-state index < -0.39 is 40.2 Å². The van der Waals surface area contributed by atoms with Crippen LogP contribution >= 0.6 is 11.3 Å². The Balaban J connectivity index is 1.53. The number of fused-ring (bicyclic) bond motifs is 1. The number of ether oxygens (including phenoxy) is 1. The molecule has 0 radical (unpaired) electrons. The van der Waals surface area contributed by atoms with Gasteiger partial charge in [0.25, 0.3) is 0 Å². The molecule has 1 unspecified atom stereocenters. The molecule has 2 aromatic carbocycles. The van der Waals surface area contributed by atoms with E-state index in [1.54, 1.807) is 13.0 Å². The number of likely N-dealkylation sites (tertiary alicyclic amines) is 1. The smallest absolute Gasteiger partial charge is 0.413 e. The molecular weight excluding hydrogens is 645 g/mol. The van der Waals surface area contributed by atoms with Crippen LogP contribution in [0.5, 0.6) is 0 Å². The Morgan fingerprint density at radius 1 is 1.04 bits per heavy atom. The summed E-state index contributed by atoms with van der Waals surface area (Å²) in [5, 5.41) is 19.9. The zero-order valence-electron chi connectivity index (χ0n) is 27.1. The first-order valence-corrected chi connectivity index (χ1v) is 17.9. The molecule has 1 saturated heterocycles. The number of aliphatic hydroxyl groups is 1. The number of carbonyl (C=O) groups is 3. The predicted octanol–water partition coefficient (Wildman–Crippen LogP) is 2.81. The molecule has 2 heterocycles. The monoisotopic (exact) mass is 688 g/mol. The highest BCUT2D eigenvalue weighted by atomic mass is 32.2. The van der Waals surface area contributed by atoms with E-state index >= 15 is 0 Å². The number of hydrogen-bond donors (Lipinski definition) is 4. The SMILES string of the molecule is COC(=O)Nc1nc2ccc(S(=O)(=O)N(CC(C)C)CC(O)[C@H](Cc3ccccc3)NC(=O)[C@H](C)NC(=O)CN3CCCC3)cc2s1. The summed E-state index contributed by atoms with van der Waals surface area (Å²) in [4.78, 5) is 43.8. The van der Waals surface area contributed by atoms with Crippen molar-refractivity contribution in [2.75, 3.05) is 45.2 Å². The minimum Gasteiger partial charge on any atom is -0.453 e. The van der Waals surface area contributed by atoms with E-state index in [0.29, 0.717) is 10.2 Å². The van der Waals surface area contributed by atoms with Crippen molar-refractivity contribution in [1.82, 2.24) is 24.8 Å². The van der Waals surface area contributed by atoms with Gasteiger partial charge in [0.2, 0.25) is 21.8 Å². The molecule has 3 amide bonds. The zero-order valence-corrected chi connectivity index (χ0v) is 28.8. The summed E-state index contributed by atoms with van der Waals surface area (Å²) in [6.45, 7) is 7.08. The second-order valence-electron chi connectivity index (χ2n) is 12.1. The highest BCUT2D eigenvalue weighted by molar-refractivity contribution is 7.89. The van der Waals surface area contributed by atoms with Crippen LogP contribution in [0.1, 0.15) is 39.2 Å². The van der Waals surface area contributed by atoms with E-state index in [9.17, 15) is 27.9 Å². The second kappa shape index (κ2) is 16.5. The van der Waals surface area contributed by atoms with Crippen molar-refractivity contribution in [3.8, 4) is 0 Å². The maximum absolute atomic E-state index is 14.0. The van der Waals surface area contributed by atoms with Gasteiger partial charge in [0.1, 0.15) is 6.04 Å². The van der Waals surface area contributed by atoms with E-state index in [4.69, 9.17) is 0 Å². The number of rotatable bonds is 15. The van der Waals surface area contributed by atoms with Gasteiger partial charge in [-0.15, -0.1) is 0 Å². The molecule has 0 saturated carbocycles. The molecule has 256 valence electrons. The number of sulfonamides is 1. The molecule has 0 aliphatic carbocycles. The molecule has 1 aliphatic rings. The van der Waals surface area contributed by atoms with Crippen molar-refractivity contribution >= 4 is 54.6 Å². The van der Waals surface area contributed by atoms with Gasteiger partial charge < -0.3 is 20.5 Å². The Hall–Kier alpha value is -3.63. The summed E-state index contributed by atoms with van der Waals surface area (Å²) in [6.07, 6.45) is 0.344. The Morgan fingerprint density at radius 2 is 1.74 bits per heavy atom. The standard InChI is InChI=1S/C32H44N6O7S2/c1-21(2)18-38(47(43,44)24-12-13-25-28(17-24)46-31(35-25)36-32(42)45-4)19-27(39)26(16-23-10-6-5-7-11-23)34-30(41)22(3)33-29(40)20-37-14-8-9-15-37/h5-7,10-13,17,21-22,26-27,39H,8-9,14-16,18-20H2,1-4H3,(H,33,40)(H,34,41)(H,35,36,42)/t22-,26-,27?/m0/s1. The van der Waals surface area contributed by atoms with Crippen molar-refractivity contribution in [2.24, 2.45) is 5.92 Å². The van der Waals surface area contributed by atoms with Crippen molar-refractivity contribution in [3.63, 3.8) is 0 Å². The predicted molar refractivity (Wildman–Crippen MR) is 181 cm³/mol. The molecule has 0 spiro atoms. The van der Waals surface area contributed by atoms with Crippen molar-refractivity contribution in [3.05, 3.63) is 54.1 Å². The summed E-state index contributed by atoms with van der Waals surface area (Å²) in [6, 6.07) is 12.0. The largest absolute Gasteiger partial charge is 0.453 e. The number of anilines is 1. The topological polar surface area (TPSA) is 170 Å². The van der Waals surface area contributed by atoms with Crippen LogP contribution in [0.15, 0.2) is 53.4 Å². The molecule has 0 bridgehead atoms. The highest BCUT2D eigenvalue weighted by Crippen LogP contribution is 2.30. The van der Waals surface area contributed by atoms with Gasteiger partial charge >= 0.3 is 6.09 Å². The molecule has 1 aliphatic heterocycles. The molecule has 47 heavy (non-hydrogen) atoms. The fourth-order valence-corrected chi connectivity index (χ4v) is 7.99. The third kappa shape index (κ3) is 10.2. The van der Waals surface area contributed by atoms with Crippen LogP contribution in [0.4, 0.5) is 9.93 Å². The zero-order chi connectivity index (χ0) is 34.1. The Labute approximate surface area is 279 Å². The van der Waals surface area contributed by atoms with Crippen molar-refractivity contribution < 1.29 is 32.6 Å². The quantitative estimate of drug-likeness (QED) is 0.188. The maximum Gasteiger partial charge on any atom is 0.413 e. The Morgan fingerprint density at radius 3 is 2.40 bits per heavy atom. The van der Waals surface area contributed by atoms with Crippen LogP contribution < -0.4 is 16.0 Å². The fraction of sp³-hybridized carbons (Fsp3) is 0.500. The van der Waals surface area contributed by atoms with Gasteiger partial charge in [0, 0.05) is 13.1 Å². The third-order valence-electron chi connectivity index (χ3n) is 7.78. The number of hydrogen-bond acceptors (Lipinski definition) is 10. The number of nitrogens with zero attached hydrogens (tertiary/aromatic N) is 3. The number of aromatic nitrogens is 1. The normalized spacial score (nSPS) is 15.8. The number of methoxy groups -OCH3 is 1. The lowest BCUT2D eigenvalue weighted by molar-refractivity contribution is -0.129. The first-order chi connectivity index (χ1) is 22.3. The minimum absolute atomic E-state index is 0.00380. The average Bonchev–Trinajstić information content (AvgIpc) is 3.69. The number of benzene rings is 2. The summed E-state index contributed by atoms with van der Waals surface area (Å²) in [5.74, 6) is -0.812. The Bertz CT molecular complexity index is 1630. The first kappa shape index (κ1) is 36.2. The van der Waals surface area contributed by atoms with E-state index in [-0.39, 0.29) is 47.9 Å². The number of thiazole rings is 1. The molecule has 15 heteroatoms. The van der Waals surface area contributed by atoms with E-state index in [2.05, 4.69) is 25.7 Å². The number of amides is 3. The van der Waals surface area contributed by atoms with Crippen LogP contribution in [0.2, 0.25) is 0 Å². The van der Waals surface area contributed by atoms with E-state index in [1.165, 1.54) is 23.5 Å². The van der Waals surface area contributed by atoms with Crippen molar-refractivity contribution in [1.29, 1.82) is 0 Å². The molecule has 3 aromatic rings. The molecule has 4 N–H and O–H groups in total. The van der Waals surface area contributed by atoms with Gasteiger partial charge in [0.15, 0.2) is 5.13 Å². The summed E-state index contributed by atoms with van der Waals surface area (Å²) < 4.78 is 34.4. The van der Waals surface area contributed by atoms with Crippen LogP contribution in [0.25, 0.3) is 10.2 Å². The first-order valence-electron chi connectivity index (χ1n) is 15.7. The van der Waals surface area contributed by atoms with Crippen molar-refractivity contribution in [2.45, 2.75) is 63.1 Å². The summed E-state index contributed by atoms with van der Waals surface area (Å²) in [5.41, 5.74) is 1.34. The van der Waals surface area contributed by atoms with Crippen LogP contribution in [0, 0.1) is 5.92 Å². The number of nitrogens with one attached hydrogen (secondary N) is 3. The van der Waals surface area contributed by atoms with E-state index in [0.717, 1.165) is 42.8 Å².